The fourth-order valence-electron chi connectivity index (χ4n) is 6.80. The minimum absolute atomic E-state index is 0. The third-order valence-electron chi connectivity index (χ3n) is 9.31. The topological polar surface area (TPSA) is 33.5 Å². The van der Waals surface area contributed by atoms with Crippen LogP contribution in [0, 0.1) is 24.7 Å². The second-order valence-corrected chi connectivity index (χ2v) is 14.7. The number of fused-ring (bicyclic) bond motifs is 3. The van der Waals surface area contributed by atoms with E-state index in [4.69, 9.17) is 9.72 Å². The molecule has 0 bridgehead atoms. The maximum atomic E-state index is 6.46. The maximum absolute atomic E-state index is 6.46. The van der Waals surface area contributed by atoms with Crippen LogP contribution in [0.5, 0.6) is 11.5 Å². The predicted octanol–water partition coefficient (Wildman–Crippen LogP) is 11.6. The maximum Gasteiger partial charge on any atom is 0.135 e. The van der Waals surface area contributed by atoms with Gasteiger partial charge in [-0.15, -0.1) is 48.1 Å². The van der Waals surface area contributed by atoms with E-state index >= 15 is 0 Å². The summed E-state index contributed by atoms with van der Waals surface area (Å²) < 4.78 is 8.64. The van der Waals surface area contributed by atoms with Gasteiger partial charge in [-0.1, -0.05) is 94.7 Å². The molecule has 0 saturated heterocycles. The van der Waals surface area contributed by atoms with Crippen molar-refractivity contribution in [3.05, 3.63) is 164 Å². The fraction of sp³-hybridized carbons (Fsp3) is 0.174. The molecule has 6 heteroatoms. The molecule has 0 unspecified atom stereocenters. The molecule has 3 heterocycles. The Morgan fingerprint density at radius 1 is 0.731 bits per heavy atom. The molecule has 8 rings (SSSR count). The zero-order valence-electron chi connectivity index (χ0n) is 30.1. The molecule has 5 nitrogen and oxygen atoms in total. The number of aromatic nitrogens is 2. The van der Waals surface area contributed by atoms with Crippen molar-refractivity contribution in [1.82, 2.24) is 9.55 Å². The minimum Gasteiger partial charge on any atom is -0.509 e. The SMILES string of the molecule is CC(C)Cc1cc(-c2ccccc2)cc(N2C=CN(c3[c-]c(Oc4[c-]c5c(cc4)c4ccccc4n5-c4cc(C(C)(C)C)ccn4)ccc3)[CH-]2)c1.[Pt]. The van der Waals surface area contributed by atoms with Crippen molar-refractivity contribution < 1.29 is 25.8 Å². The van der Waals surface area contributed by atoms with Gasteiger partial charge in [-0.25, -0.2) is 4.98 Å². The molecule has 0 radical (unpaired) electrons. The van der Waals surface area contributed by atoms with Gasteiger partial charge in [-0.3, -0.25) is 0 Å². The molecule has 0 fully saturated rings. The van der Waals surface area contributed by atoms with Gasteiger partial charge in [-0.2, -0.15) is 12.1 Å². The Balaban J connectivity index is 0.00000420. The number of hydrogen-bond donors (Lipinski definition) is 0. The molecule has 0 saturated carbocycles. The minimum atomic E-state index is -0.00280. The molecule has 0 amide bonds. The Hall–Kier alpha value is -5.12. The van der Waals surface area contributed by atoms with Gasteiger partial charge in [-0.05, 0) is 88.1 Å². The summed E-state index contributed by atoms with van der Waals surface area (Å²) in [5.41, 5.74) is 8.99. The zero-order chi connectivity index (χ0) is 35.1. The smallest absolute Gasteiger partial charge is 0.135 e. The van der Waals surface area contributed by atoms with Crippen LogP contribution in [0.1, 0.15) is 45.7 Å². The summed E-state index contributed by atoms with van der Waals surface area (Å²) in [7, 11) is 0. The average molecular weight is 861 g/mol. The van der Waals surface area contributed by atoms with Crippen molar-refractivity contribution in [1.29, 1.82) is 0 Å². The Labute approximate surface area is 321 Å². The number of rotatable bonds is 8. The monoisotopic (exact) mass is 860 g/mol. The van der Waals surface area contributed by atoms with Crippen molar-refractivity contribution >= 4 is 33.2 Å². The van der Waals surface area contributed by atoms with Gasteiger partial charge in [0.2, 0.25) is 0 Å². The van der Waals surface area contributed by atoms with E-state index in [9.17, 15) is 0 Å². The molecule has 264 valence electrons. The summed E-state index contributed by atoms with van der Waals surface area (Å²) in [5, 5.41) is 2.25. The molecule has 0 N–H and O–H groups in total. The number of hydrogen-bond acceptors (Lipinski definition) is 4. The van der Waals surface area contributed by atoms with Crippen LogP contribution in [0.3, 0.4) is 0 Å². The van der Waals surface area contributed by atoms with E-state index in [1.165, 1.54) is 22.3 Å². The second-order valence-electron chi connectivity index (χ2n) is 14.7. The standard InChI is InChI=1S/C46H41N4O.Pt/c1-32(2)24-33-25-35(34-12-7-6-8-13-34)27-38(26-33)49-23-22-48(31-49)37-14-11-15-39(29-37)51-40-18-19-42-41-16-9-10-17-43(41)50(44(42)30-40)45-28-36(20-21-47-45)46(3,4)5;/h6-23,25-28,31-32H,24H2,1-5H3;/q-3;. The van der Waals surface area contributed by atoms with Crippen molar-refractivity contribution in [2.75, 3.05) is 9.80 Å². The summed E-state index contributed by atoms with van der Waals surface area (Å²) in [6.07, 6.45) is 7.06. The first-order valence-electron chi connectivity index (χ1n) is 17.6. The summed E-state index contributed by atoms with van der Waals surface area (Å²) in [6, 6.07) is 47.3. The van der Waals surface area contributed by atoms with Gasteiger partial charge in [0, 0.05) is 50.0 Å². The second kappa shape index (κ2) is 14.5. The Kier molecular flexibility index (Phi) is 9.83. The first-order valence-corrected chi connectivity index (χ1v) is 17.6. The molecule has 0 spiro atoms. The molecule has 0 aliphatic carbocycles. The van der Waals surface area contributed by atoms with E-state index in [2.05, 4.69) is 171 Å². The molecule has 0 atom stereocenters. The largest absolute Gasteiger partial charge is 0.509 e. The normalized spacial score (nSPS) is 13.0. The van der Waals surface area contributed by atoms with Crippen molar-refractivity contribution in [2.24, 2.45) is 5.92 Å². The van der Waals surface area contributed by atoms with Crippen molar-refractivity contribution in [3.8, 4) is 28.4 Å². The Morgan fingerprint density at radius 2 is 1.50 bits per heavy atom. The van der Waals surface area contributed by atoms with Crippen LogP contribution >= 0.6 is 0 Å². The molecular weight excluding hydrogens is 820 g/mol. The molecule has 5 aromatic carbocycles. The molecular formula is C46H41N4OPt-3. The van der Waals surface area contributed by atoms with Crippen LogP contribution in [-0.2, 0) is 32.9 Å². The Morgan fingerprint density at radius 3 is 2.31 bits per heavy atom. The first kappa shape index (κ1) is 35.3. The summed E-state index contributed by atoms with van der Waals surface area (Å²) in [4.78, 5) is 9.05. The van der Waals surface area contributed by atoms with Crippen LogP contribution in [-0.4, -0.2) is 9.55 Å². The number of benzene rings is 5. The van der Waals surface area contributed by atoms with Crippen molar-refractivity contribution in [3.63, 3.8) is 0 Å². The van der Waals surface area contributed by atoms with E-state index < -0.39 is 0 Å². The third-order valence-corrected chi connectivity index (χ3v) is 9.31. The zero-order valence-corrected chi connectivity index (χ0v) is 32.3. The molecule has 1 aliphatic rings. The van der Waals surface area contributed by atoms with Crippen LogP contribution < -0.4 is 14.5 Å². The fourth-order valence-corrected chi connectivity index (χ4v) is 6.80. The average Bonchev–Trinajstić information content (AvgIpc) is 3.75. The number of para-hydroxylation sites is 1. The van der Waals surface area contributed by atoms with Crippen LogP contribution in [0.4, 0.5) is 11.4 Å². The van der Waals surface area contributed by atoms with E-state index in [0.717, 1.165) is 45.4 Å². The van der Waals surface area contributed by atoms with Crippen LogP contribution in [0.2, 0.25) is 0 Å². The number of anilines is 2. The molecule has 2 aromatic heterocycles. The van der Waals surface area contributed by atoms with Crippen LogP contribution in [0.15, 0.2) is 134 Å². The summed E-state index contributed by atoms with van der Waals surface area (Å²) in [5.74, 6) is 2.66. The van der Waals surface area contributed by atoms with Gasteiger partial charge in [0.05, 0.1) is 0 Å². The van der Waals surface area contributed by atoms with E-state index in [1.807, 2.05) is 30.5 Å². The van der Waals surface area contributed by atoms with E-state index in [0.29, 0.717) is 17.4 Å². The predicted molar refractivity (Wildman–Crippen MR) is 210 cm³/mol. The number of pyridine rings is 1. The van der Waals surface area contributed by atoms with Gasteiger partial charge >= 0.3 is 0 Å². The molecule has 1 aliphatic heterocycles. The first-order chi connectivity index (χ1) is 24.7. The summed E-state index contributed by atoms with van der Waals surface area (Å²) >= 11 is 0. The van der Waals surface area contributed by atoms with Crippen molar-refractivity contribution in [2.45, 2.75) is 46.5 Å². The van der Waals surface area contributed by atoms with Crippen LogP contribution in [0.25, 0.3) is 38.8 Å². The van der Waals surface area contributed by atoms with Gasteiger partial charge in [0.15, 0.2) is 0 Å². The van der Waals surface area contributed by atoms with E-state index in [1.54, 1.807) is 0 Å². The third kappa shape index (κ3) is 7.16. The molecule has 52 heavy (non-hydrogen) atoms. The quantitative estimate of drug-likeness (QED) is 0.143. The summed E-state index contributed by atoms with van der Waals surface area (Å²) in [6.45, 7) is 13.3. The molecule has 7 aromatic rings. The number of nitrogens with zero attached hydrogens (tertiary/aromatic N) is 4. The van der Waals surface area contributed by atoms with E-state index in [-0.39, 0.29) is 26.5 Å². The Bertz CT molecular complexity index is 2390. The van der Waals surface area contributed by atoms with Gasteiger partial charge < -0.3 is 19.1 Å². The van der Waals surface area contributed by atoms with Gasteiger partial charge in [0.25, 0.3) is 0 Å². The number of ether oxygens (including phenoxy) is 1. The van der Waals surface area contributed by atoms with Gasteiger partial charge in [0.1, 0.15) is 5.82 Å².